The summed E-state index contributed by atoms with van der Waals surface area (Å²) in [6.45, 7) is 4.13. The highest BCUT2D eigenvalue weighted by molar-refractivity contribution is 5.71. The van der Waals surface area contributed by atoms with E-state index in [4.69, 9.17) is 4.74 Å². The van der Waals surface area contributed by atoms with Crippen LogP contribution in [0.4, 0.5) is 0 Å². The van der Waals surface area contributed by atoms with Gasteiger partial charge in [-0.3, -0.25) is 4.79 Å². The lowest BCUT2D eigenvalue weighted by molar-refractivity contribution is -0.144. The lowest BCUT2D eigenvalue weighted by Crippen LogP contribution is -2.28. The molecule has 0 fully saturated rings. The molecule has 1 N–H and O–H groups in total. The smallest absolute Gasteiger partial charge is 0.309 e. The van der Waals surface area contributed by atoms with Crippen molar-refractivity contribution >= 4 is 5.97 Å². The van der Waals surface area contributed by atoms with Crippen molar-refractivity contribution in [3.8, 4) is 0 Å². The topological polar surface area (TPSA) is 47.6 Å². The van der Waals surface area contributed by atoms with Gasteiger partial charge in [0.1, 0.15) is 0 Å². The minimum absolute atomic E-state index is 0.0763. The Balaban J connectivity index is 3.26. The molecule has 0 radical (unpaired) electrons. The summed E-state index contributed by atoms with van der Waals surface area (Å²) in [7, 11) is 3.08. The SMILES string of the molecule is COCCCNC[C@H](C)C(=O)OC. The van der Waals surface area contributed by atoms with Gasteiger partial charge >= 0.3 is 5.97 Å². The zero-order chi connectivity index (χ0) is 10.1. The molecule has 13 heavy (non-hydrogen) atoms. The van der Waals surface area contributed by atoms with E-state index in [1.54, 1.807) is 7.11 Å². The number of ether oxygens (including phenoxy) is 2. The van der Waals surface area contributed by atoms with Gasteiger partial charge in [0.15, 0.2) is 0 Å². The summed E-state index contributed by atoms with van der Waals surface area (Å²) in [4.78, 5) is 10.9. The van der Waals surface area contributed by atoms with Crippen molar-refractivity contribution in [3.63, 3.8) is 0 Å². The molecule has 0 unspecified atom stereocenters. The van der Waals surface area contributed by atoms with Crippen molar-refractivity contribution in [1.29, 1.82) is 0 Å². The molecule has 0 heterocycles. The van der Waals surface area contributed by atoms with Crippen molar-refractivity contribution < 1.29 is 14.3 Å². The number of nitrogens with one attached hydrogen (secondary N) is 1. The molecule has 0 saturated heterocycles. The van der Waals surface area contributed by atoms with Crippen LogP contribution < -0.4 is 5.32 Å². The van der Waals surface area contributed by atoms with Crippen LogP contribution in [0.5, 0.6) is 0 Å². The zero-order valence-electron chi connectivity index (χ0n) is 8.63. The van der Waals surface area contributed by atoms with E-state index < -0.39 is 0 Å². The highest BCUT2D eigenvalue weighted by Crippen LogP contribution is 1.94. The first kappa shape index (κ1) is 12.4. The third-order valence-corrected chi connectivity index (χ3v) is 1.76. The van der Waals surface area contributed by atoms with Crippen LogP contribution in [0, 0.1) is 5.92 Å². The molecule has 0 aromatic heterocycles. The first-order valence-electron chi connectivity index (χ1n) is 4.49. The molecule has 0 spiro atoms. The third-order valence-electron chi connectivity index (χ3n) is 1.76. The molecule has 0 aliphatic heterocycles. The van der Waals surface area contributed by atoms with Gasteiger partial charge in [-0.15, -0.1) is 0 Å². The Labute approximate surface area is 79.6 Å². The number of carbonyl (C=O) groups is 1. The summed E-state index contributed by atoms with van der Waals surface area (Å²) in [6.07, 6.45) is 0.963. The van der Waals surface area contributed by atoms with Gasteiger partial charge < -0.3 is 14.8 Å². The standard InChI is InChI=1S/C9H19NO3/c1-8(9(11)13-3)7-10-5-4-6-12-2/h8,10H,4-7H2,1-3H3/t8-/m0/s1. The molecule has 78 valence electrons. The van der Waals surface area contributed by atoms with E-state index in [2.05, 4.69) is 10.1 Å². The predicted molar refractivity (Wildman–Crippen MR) is 50.5 cm³/mol. The van der Waals surface area contributed by atoms with E-state index in [0.717, 1.165) is 19.6 Å². The average molecular weight is 189 g/mol. The van der Waals surface area contributed by atoms with E-state index in [9.17, 15) is 4.79 Å². The zero-order valence-corrected chi connectivity index (χ0v) is 8.63. The van der Waals surface area contributed by atoms with Crippen LogP contribution in [0.1, 0.15) is 13.3 Å². The molecule has 0 amide bonds. The Kier molecular flexibility index (Phi) is 7.63. The second-order valence-electron chi connectivity index (χ2n) is 2.97. The maximum atomic E-state index is 10.9. The van der Waals surface area contributed by atoms with E-state index in [1.165, 1.54) is 7.11 Å². The van der Waals surface area contributed by atoms with Gasteiger partial charge in [0, 0.05) is 20.3 Å². The van der Waals surface area contributed by atoms with Gasteiger partial charge in [-0.2, -0.15) is 0 Å². The number of carbonyl (C=O) groups excluding carboxylic acids is 1. The first-order valence-corrected chi connectivity index (χ1v) is 4.49. The van der Waals surface area contributed by atoms with E-state index in [1.807, 2.05) is 6.92 Å². The molecule has 0 rings (SSSR count). The second-order valence-corrected chi connectivity index (χ2v) is 2.97. The summed E-state index contributed by atoms with van der Waals surface area (Å²) in [5.41, 5.74) is 0. The first-order chi connectivity index (χ1) is 6.22. The normalized spacial score (nSPS) is 12.5. The largest absolute Gasteiger partial charge is 0.469 e. The van der Waals surface area contributed by atoms with Crippen molar-refractivity contribution in [1.82, 2.24) is 5.32 Å². The fraction of sp³-hybridized carbons (Fsp3) is 0.889. The maximum Gasteiger partial charge on any atom is 0.309 e. The Morgan fingerprint density at radius 2 is 2.15 bits per heavy atom. The van der Waals surface area contributed by atoms with Crippen LogP contribution in [0.25, 0.3) is 0 Å². The lowest BCUT2D eigenvalue weighted by atomic mass is 10.2. The molecule has 0 aliphatic rings. The Morgan fingerprint density at radius 1 is 1.46 bits per heavy atom. The molecule has 0 aliphatic carbocycles. The third kappa shape index (κ3) is 6.54. The quantitative estimate of drug-likeness (QED) is 0.466. The van der Waals surface area contributed by atoms with Crippen LogP contribution in [0.3, 0.4) is 0 Å². The molecule has 1 atom stereocenters. The van der Waals surface area contributed by atoms with Gasteiger partial charge in [-0.25, -0.2) is 0 Å². The fourth-order valence-corrected chi connectivity index (χ4v) is 0.945. The highest BCUT2D eigenvalue weighted by atomic mass is 16.5. The van der Waals surface area contributed by atoms with Crippen LogP contribution in [-0.2, 0) is 14.3 Å². The second kappa shape index (κ2) is 8.01. The van der Waals surface area contributed by atoms with E-state index in [-0.39, 0.29) is 11.9 Å². The van der Waals surface area contributed by atoms with Gasteiger partial charge in [0.05, 0.1) is 13.0 Å². The van der Waals surface area contributed by atoms with Crippen molar-refractivity contribution in [2.45, 2.75) is 13.3 Å². The Hall–Kier alpha value is -0.610. The van der Waals surface area contributed by atoms with Crippen molar-refractivity contribution in [2.75, 3.05) is 33.9 Å². The van der Waals surface area contributed by atoms with Crippen molar-refractivity contribution in [3.05, 3.63) is 0 Å². The predicted octanol–water partition coefficient (Wildman–Crippen LogP) is 0.422. The van der Waals surface area contributed by atoms with Crippen LogP contribution in [0.15, 0.2) is 0 Å². The van der Waals surface area contributed by atoms with E-state index >= 15 is 0 Å². The molecule has 0 bridgehead atoms. The lowest BCUT2D eigenvalue weighted by Gasteiger charge is -2.09. The van der Waals surface area contributed by atoms with Gasteiger partial charge in [-0.05, 0) is 13.0 Å². The number of hydrogen-bond acceptors (Lipinski definition) is 4. The summed E-state index contributed by atoms with van der Waals surface area (Å²) >= 11 is 0. The molecule has 0 saturated carbocycles. The molecule has 0 aromatic carbocycles. The minimum atomic E-state index is -0.167. The van der Waals surface area contributed by atoms with E-state index in [0.29, 0.717) is 6.54 Å². The van der Waals surface area contributed by atoms with Gasteiger partial charge in [0.2, 0.25) is 0 Å². The molecule has 0 aromatic rings. The minimum Gasteiger partial charge on any atom is -0.469 e. The summed E-state index contributed by atoms with van der Waals surface area (Å²) < 4.78 is 9.47. The molecular weight excluding hydrogens is 170 g/mol. The number of rotatable bonds is 7. The van der Waals surface area contributed by atoms with Gasteiger partial charge in [-0.1, -0.05) is 6.92 Å². The molecule has 4 heteroatoms. The number of hydrogen-bond donors (Lipinski definition) is 1. The van der Waals surface area contributed by atoms with Crippen molar-refractivity contribution in [2.24, 2.45) is 5.92 Å². The van der Waals surface area contributed by atoms with Gasteiger partial charge in [0.25, 0.3) is 0 Å². The highest BCUT2D eigenvalue weighted by Gasteiger charge is 2.11. The Morgan fingerprint density at radius 3 is 2.69 bits per heavy atom. The summed E-state index contributed by atoms with van der Waals surface area (Å²) in [5, 5.41) is 3.15. The van der Waals surface area contributed by atoms with Crippen LogP contribution in [0.2, 0.25) is 0 Å². The summed E-state index contributed by atoms with van der Waals surface area (Å²) in [6, 6.07) is 0. The number of methoxy groups -OCH3 is 2. The summed E-state index contributed by atoms with van der Waals surface area (Å²) in [5.74, 6) is -0.244. The monoisotopic (exact) mass is 189 g/mol. The Bertz CT molecular complexity index is 139. The van der Waals surface area contributed by atoms with Crippen LogP contribution >= 0.6 is 0 Å². The maximum absolute atomic E-state index is 10.9. The van der Waals surface area contributed by atoms with Crippen LogP contribution in [-0.4, -0.2) is 39.9 Å². The molecular formula is C9H19NO3. The fourth-order valence-electron chi connectivity index (χ4n) is 0.945. The average Bonchev–Trinajstić information content (AvgIpc) is 2.16. The molecule has 4 nitrogen and oxygen atoms in total. The number of esters is 1.